The topological polar surface area (TPSA) is 87.1 Å². The van der Waals surface area contributed by atoms with Crippen LogP contribution in [0.2, 0.25) is 0 Å². The summed E-state index contributed by atoms with van der Waals surface area (Å²) in [5.74, 6) is 2.87. The van der Waals surface area contributed by atoms with Gasteiger partial charge in [-0.15, -0.1) is 10.2 Å². The molecule has 2 aromatic carbocycles. The second-order valence-corrected chi connectivity index (χ2v) is 5.83. The largest absolute Gasteiger partial charge is 0.496 e. The van der Waals surface area contributed by atoms with Gasteiger partial charge in [-0.05, 0) is 36.4 Å². The zero-order chi connectivity index (χ0) is 20.6. The van der Waals surface area contributed by atoms with Gasteiger partial charge >= 0.3 is 0 Å². The molecule has 0 amide bonds. The summed E-state index contributed by atoms with van der Waals surface area (Å²) in [5.41, 5.74) is 5.20. The maximum absolute atomic E-state index is 5.36. The van der Waals surface area contributed by atoms with Crippen LogP contribution in [0.3, 0.4) is 0 Å². The van der Waals surface area contributed by atoms with Crippen molar-refractivity contribution in [2.75, 3.05) is 33.9 Å². The standard InChI is InChI=1S/C21H22N4O4/c1-26-17-8-6-5-7-15(17)16-9-10-20(25-23-16)24-22-13-14-11-18(27-2)21(29-4)19(12-14)28-3/h5-13H,1-4H3,(H,24,25)/b22-13+. The van der Waals surface area contributed by atoms with Crippen molar-refractivity contribution in [3.8, 4) is 34.3 Å². The molecule has 150 valence electrons. The number of para-hydroxylation sites is 1. The van der Waals surface area contributed by atoms with E-state index < -0.39 is 0 Å². The number of rotatable bonds is 8. The van der Waals surface area contributed by atoms with Crippen LogP contribution < -0.4 is 24.4 Å². The SMILES string of the molecule is COc1ccccc1-c1ccc(N/N=C/c2cc(OC)c(OC)c(OC)c2)nn1. The number of nitrogens with zero attached hydrogens (tertiary/aromatic N) is 3. The van der Waals surface area contributed by atoms with Gasteiger partial charge in [0.15, 0.2) is 17.3 Å². The van der Waals surface area contributed by atoms with Crippen molar-refractivity contribution < 1.29 is 18.9 Å². The predicted molar refractivity (Wildman–Crippen MR) is 111 cm³/mol. The summed E-state index contributed by atoms with van der Waals surface area (Å²) in [4.78, 5) is 0. The summed E-state index contributed by atoms with van der Waals surface area (Å²) < 4.78 is 21.4. The smallest absolute Gasteiger partial charge is 0.203 e. The second-order valence-electron chi connectivity index (χ2n) is 5.83. The number of anilines is 1. The summed E-state index contributed by atoms with van der Waals surface area (Å²) in [5, 5.41) is 12.6. The maximum atomic E-state index is 5.36. The van der Waals surface area contributed by atoms with Crippen LogP contribution in [0.4, 0.5) is 5.82 Å². The molecule has 0 spiro atoms. The normalized spacial score (nSPS) is 10.6. The Hall–Kier alpha value is -3.81. The monoisotopic (exact) mass is 394 g/mol. The van der Waals surface area contributed by atoms with Crippen molar-refractivity contribution in [2.45, 2.75) is 0 Å². The molecule has 0 aliphatic carbocycles. The highest BCUT2D eigenvalue weighted by Gasteiger charge is 2.12. The van der Waals surface area contributed by atoms with E-state index in [4.69, 9.17) is 18.9 Å². The van der Waals surface area contributed by atoms with Crippen LogP contribution >= 0.6 is 0 Å². The molecule has 0 saturated heterocycles. The van der Waals surface area contributed by atoms with Crippen LogP contribution in [0, 0.1) is 0 Å². The summed E-state index contributed by atoms with van der Waals surface area (Å²) in [6.45, 7) is 0. The third-order valence-electron chi connectivity index (χ3n) is 4.13. The number of nitrogens with one attached hydrogen (secondary N) is 1. The van der Waals surface area contributed by atoms with Gasteiger partial charge < -0.3 is 18.9 Å². The van der Waals surface area contributed by atoms with Gasteiger partial charge in [0.25, 0.3) is 0 Å². The first-order valence-electron chi connectivity index (χ1n) is 8.76. The molecule has 1 N–H and O–H groups in total. The van der Waals surface area contributed by atoms with E-state index in [1.165, 1.54) is 0 Å². The zero-order valence-corrected chi connectivity index (χ0v) is 16.7. The number of hydrogen-bond donors (Lipinski definition) is 1. The van der Waals surface area contributed by atoms with E-state index >= 15 is 0 Å². The lowest BCUT2D eigenvalue weighted by Gasteiger charge is -2.12. The molecule has 0 aliphatic heterocycles. The molecule has 1 heterocycles. The fraction of sp³-hybridized carbons (Fsp3) is 0.190. The maximum Gasteiger partial charge on any atom is 0.203 e. The number of hydrazone groups is 1. The molecule has 3 rings (SSSR count). The van der Waals surface area contributed by atoms with Crippen molar-refractivity contribution in [3.05, 3.63) is 54.1 Å². The lowest BCUT2D eigenvalue weighted by Crippen LogP contribution is -1.99. The molecule has 0 fully saturated rings. The van der Waals surface area contributed by atoms with E-state index in [0.717, 1.165) is 16.9 Å². The first-order valence-corrected chi connectivity index (χ1v) is 8.76. The van der Waals surface area contributed by atoms with Crippen molar-refractivity contribution in [2.24, 2.45) is 5.10 Å². The van der Waals surface area contributed by atoms with Crippen LogP contribution in [0.25, 0.3) is 11.3 Å². The minimum atomic E-state index is 0.507. The molecule has 0 aliphatic rings. The van der Waals surface area contributed by atoms with E-state index in [1.54, 1.807) is 52.9 Å². The molecule has 0 unspecified atom stereocenters. The van der Waals surface area contributed by atoms with Gasteiger partial charge in [0, 0.05) is 11.1 Å². The average Bonchev–Trinajstić information content (AvgIpc) is 2.78. The molecule has 1 aromatic heterocycles. The Morgan fingerprint density at radius 2 is 1.48 bits per heavy atom. The molecule has 0 atom stereocenters. The summed E-state index contributed by atoms with van der Waals surface area (Å²) in [7, 11) is 6.31. The number of benzene rings is 2. The number of ether oxygens (including phenoxy) is 4. The minimum absolute atomic E-state index is 0.507. The fourth-order valence-corrected chi connectivity index (χ4v) is 2.74. The third kappa shape index (κ3) is 4.55. The Bertz CT molecular complexity index is 965. The molecular weight excluding hydrogens is 372 g/mol. The van der Waals surface area contributed by atoms with Crippen molar-refractivity contribution in [1.82, 2.24) is 10.2 Å². The Morgan fingerprint density at radius 1 is 0.793 bits per heavy atom. The van der Waals surface area contributed by atoms with Crippen LogP contribution in [0.15, 0.2) is 53.6 Å². The Balaban J connectivity index is 1.74. The van der Waals surface area contributed by atoms with E-state index in [0.29, 0.717) is 28.8 Å². The van der Waals surface area contributed by atoms with E-state index in [9.17, 15) is 0 Å². The van der Waals surface area contributed by atoms with E-state index in [-0.39, 0.29) is 0 Å². The van der Waals surface area contributed by atoms with Crippen LogP contribution in [0.5, 0.6) is 23.0 Å². The van der Waals surface area contributed by atoms with Gasteiger partial charge in [-0.25, -0.2) is 0 Å². The summed E-state index contributed by atoms with van der Waals surface area (Å²) in [6, 6.07) is 14.9. The minimum Gasteiger partial charge on any atom is -0.496 e. The molecule has 3 aromatic rings. The first-order chi connectivity index (χ1) is 14.2. The summed E-state index contributed by atoms with van der Waals surface area (Å²) in [6.07, 6.45) is 1.63. The van der Waals surface area contributed by atoms with E-state index in [1.807, 2.05) is 30.3 Å². The Kier molecular flexibility index (Phi) is 6.47. The van der Waals surface area contributed by atoms with Crippen molar-refractivity contribution in [1.29, 1.82) is 0 Å². The van der Waals surface area contributed by atoms with E-state index in [2.05, 4.69) is 20.7 Å². The molecule has 8 nitrogen and oxygen atoms in total. The lowest BCUT2D eigenvalue weighted by molar-refractivity contribution is 0.324. The number of methoxy groups -OCH3 is 4. The predicted octanol–water partition coefficient (Wildman–Crippen LogP) is 3.62. The van der Waals surface area contributed by atoms with Gasteiger partial charge in [0.1, 0.15) is 5.75 Å². The summed E-state index contributed by atoms with van der Waals surface area (Å²) >= 11 is 0. The highest BCUT2D eigenvalue weighted by atomic mass is 16.5. The fourth-order valence-electron chi connectivity index (χ4n) is 2.74. The van der Waals surface area contributed by atoms with Gasteiger partial charge in [-0.1, -0.05) is 12.1 Å². The van der Waals surface area contributed by atoms with Gasteiger partial charge in [-0.2, -0.15) is 5.10 Å². The highest BCUT2D eigenvalue weighted by Crippen LogP contribution is 2.37. The van der Waals surface area contributed by atoms with Crippen LogP contribution in [-0.4, -0.2) is 44.9 Å². The molecular formula is C21H22N4O4. The average molecular weight is 394 g/mol. The van der Waals surface area contributed by atoms with Gasteiger partial charge in [-0.3, -0.25) is 5.43 Å². The molecule has 29 heavy (non-hydrogen) atoms. The van der Waals surface area contributed by atoms with Crippen LogP contribution in [0.1, 0.15) is 5.56 Å². The Morgan fingerprint density at radius 3 is 2.07 bits per heavy atom. The van der Waals surface area contributed by atoms with Gasteiger partial charge in [0.2, 0.25) is 5.75 Å². The Labute approximate surface area is 169 Å². The number of hydrogen-bond acceptors (Lipinski definition) is 8. The van der Waals surface area contributed by atoms with Crippen molar-refractivity contribution >= 4 is 12.0 Å². The highest BCUT2D eigenvalue weighted by molar-refractivity contribution is 5.83. The lowest BCUT2D eigenvalue weighted by atomic mass is 10.1. The second kappa shape index (κ2) is 9.41. The number of aromatic nitrogens is 2. The molecule has 0 bridgehead atoms. The van der Waals surface area contributed by atoms with Crippen LogP contribution in [-0.2, 0) is 0 Å². The quantitative estimate of drug-likeness (QED) is 0.461. The first kappa shape index (κ1) is 19.9. The molecule has 0 saturated carbocycles. The third-order valence-corrected chi connectivity index (χ3v) is 4.13. The van der Waals surface area contributed by atoms with Crippen molar-refractivity contribution in [3.63, 3.8) is 0 Å². The molecule has 0 radical (unpaired) electrons. The van der Waals surface area contributed by atoms with Gasteiger partial charge in [0.05, 0.1) is 40.3 Å². The molecule has 8 heteroatoms. The zero-order valence-electron chi connectivity index (χ0n) is 16.7.